The fraction of sp³-hybridized carbons (Fsp3) is 0.667. The van der Waals surface area contributed by atoms with Gasteiger partial charge in [0, 0.05) is 32.7 Å². The monoisotopic (exact) mass is 254 g/mol. The fourth-order valence-electron chi connectivity index (χ4n) is 2.12. The smallest absolute Gasteiger partial charge is 0.225 e. The van der Waals surface area contributed by atoms with Gasteiger partial charge >= 0.3 is 0 Å². The molecule has 0 radical (unpaired) electrons. The van der Waals surface area contributed by atoms with Crippen LogP contribution in [0.2, 0.25) is 0 Å². The summed E-state index contributed by atoms with van der Waals surface area (Å²) in [7, 11) is 0. The van der Waals surface area contributed by atoms with E-state index in [0.717, 1.165) is 26.2 Å². The van der Waals surface area contributed by atoms with Gasteiger partial charge in [-0.1, -0.05) is 0 Å². The van der Waals surface area contributed by atoms with Gasteiger partial charge in [0.05, 0.1) is 18.0 Å². The molecule has 1 aromatic heterocycles. The van der Waals surface area contributed by atoms with Gasteiger partial charge in [0.1, 0.15) is 0 Å². The molecule has 1 N–H and O–H groups in total. The third-order valence-electron chi connectivity index (χ3n) is 2.87. The number of hydrogen-bond acceptors (Lipinski definition) is 5. The summed E-state index contributed by atoms with van der Waals surface area (Å²) >= 11 is 0. The number of rotatable bonds is 3. The highest BCUT2D eigenvalue weighted by Gasteiger charge is 2.23. The van der Waals surface area contributed by atoms with Gasteiger partial charge in [-0.05, 0) is 13.8 Å². The number of anilines is 1. The summed E-state index contributed by atoms with van der Waals surface area (Å²) in [5, 5.41) is 9.76. The summed E-state index contributed by atoms with van der Waals surface area (Å²) in [5.74, 6) is 0.152. The summed E-state index contributed by atoms with van der Waals surface area (Å²) in [4.78, 5) is 12.2. The van der Waals surface area contributed by atoms with E-state index >= 15 is 0 Å². The minimum Gasteiger partial charge on any atom is -0.389 e. The van der Waals surface area contributed by atoms with Crippen LogP contribution in [0.25, 0.3) is 0 Å². The fourth-order valence-corrected chi connectivity index (χ4v) is 2.12. The number of aliphatic hydroxyl groups is 1. The molecule has 0 bridgehead atoms. The third kappa shape index (κ3) is 3.61. The normalized spacial score (nSPS) is 18.1. The molecule has 0 aliphatic carbocycles. The van der Waals surface area contributed by atoms with Crippen LogP contribution in [0.15, 0.2) is 12.4 Å². The van der Waals surface area contributed by atoms with Gasteiger partial charge in [-0.15, -0.1) is 0 Å². The lowest BCUT2D eigenvalue weighted by Crippen LogP contribution is -2.50. The van der Waals surface area contributed by atoms with Crippen molar-refractivity contribution in [2.45, 2.75) is 19.4 Å². The molecule has 0 saturated carbocycles. The van der Waals surface area contributed by atoms with Gasteiger partial charge in [0.2, 0.25) is 5.95 Å². The molecule has 0 unspecified atom stereocenters. The van der Waals surface area contributed by atoms with E-state index in [0.29, 0.717) is 12.5 Å². The zero-order chi connectivity index (χ0) is 13.2. The topological polar surface area (TPSA) is 52.5 Å². The van der Waals surface area contributed by atoms with Gasteiger partial charge in [0.15, 0.2) is 5.82 Å². The molecule has 0 spiro atoms. The van der Waals surface area contributed by atoms with Crippen LogP contribution in [0.1, 0.15) is 13.8 Å². The Morgan fingerprint density at radius 3 is 2.28 bits per heavy atom. The quantitative estimate of drug-likeness (QED) is 0.851. The summed E-state index contributed by atoms with van der Waals surface area (Å²) in [5.41, 5.74) is -0.672. The molecule has 100 valence electrons. The average Bonchev–Trinajstić information content (AvgIpc) is 2.29. The highest BCUT2D eigenvalue weighted by atomic mass is 19.1. The van der Waals surface area contributed by atoms with E-state index in [4.69, 9.17) is 0 Å². The molecule has 0 amide bonds. The maximum Gasteiger partial charge on any atom is 0.225 e. The molecule has 1 fully saturated rings. The second kappa shape index (κ2) is 5.16. The van der Waals surface area contributed by atoms with Gasteiger partial charge in [-0.2, -0.15) is 0 Å². The van der Waals surface area contributed by atoms with E-state index in [9.17, 15) is 9.50 Å². The van der Waals surface area contributed by atoms with E-state index in [2.05, 4.69) is 14.9 Å². The van der Waals surface area contributed by atoms with Crippen LogP contribution < -0.4 is 4.90 Å². The van der Waals surface area contributed by atoms with E-state index in [1.165, 1.54) is 12.4 Å². The van der Waals surface area contributed by atoms with Crippen molar-refractivity contribution < 1.29 is 9.50 Å². The van der Waals surface area contributed by atoms with Crippen LogP contribution in [0.3, 0.4) is 0 Å². The van der Waals surface area contributed by atoms with Crippen molar-refractivity contribution in [1.82, 2.24) is 14.9 Å². The van der Waals surface area contributed by atoms with E-state index in [1.54, 1.807) is 0 Å². The number of halogens is 1. The lowest BCUT2D eigenvalue weighted by atomic mass is 10.1. The molecule has 1 aliphatic rings. The Labute approximate surface area is 106 Å². The van der Waals surface area contributed by atoms with Crippen LogP contribution in [0, 0.1) is 5.82 Å². The molecule has 5 nitrogen and oxygen atoms in total. The first kappa shape index (κ1) is 13.2. The standard InChI is InChI=1S/C12H19FN4O/c1-12(2,18)9-16-3-5-17(6-4-16)11-14-7-10(13)8-15-11/h7-8,18H,3-6,9H2,1-2H3. The molecule has 1 aromatic rings. The van der Waals surface area contributed by atoms with Crippen molar-refractivity contribution in [3.05, 3.63) is 18.2 Å². The minimum absolute atomic E-state index is 0.417. The maximum atomic E-state index is 12.7. The average molecular weight is 254 g/mol. The number of aromatic nitrogens is 2. The van der Waals surface area contributed by atoms with Crippen molar-refractivity contribution in [2.75, 3.05) is 37.6 Å². The van der Waals surface area contributed by atoms with Crippen molar-refractivity contribution in [1.29, 1.82) is 0 Å². The molecule has 0 aromatic carbocycles. The van der Waals surface area contributed by atoms with Crippen LogP contribution >= 0.6 is 0 Å². The second-order valence-electron chi connectivity index (χ2n) is 5.28. The highest BCUT2D eigenvalue weighted by Crippen LogP contribution is 2.12. The predicted molar refractivity (Wildman–Crippen MR) is 66.9 cm³/mol. The zero-order valence-electron chi connectivity index (χ0n) is 10.8. The molecular weight excluding hydrogens is 235 g/mol. The Morgan fingerprint density at radius 1 is 1.22 bits per heavy atom. The Balaban J connectivity index is 1.88. The van der Waals surface area contributed by atoms with Gasteiger partial charge < -0.3 is 10.0 Å². The zero-order valence-corrected chi connectivity index (χ0v) is 10.8. The second-order valence-corrected chi connectivity index (χ2v) is 5.28. The van der Waals surface area contributed by atoms with Crippen LogP contribution in [-0.4, -0.2) is 58.3 Å². The number of nitrogens with zero attached hydrogens (tertiary/aromatic N) is 4. The minimum atomic E-state index is -0.672. The van der Waals surface area contributed by atoms with E-state index < -0.39 is 11.4 Å². The van der Waals surface area contributed by atoms with Crippen molar-refractivity contribution >= 4 is 5.95 Å². The lowest BCUT2D eigenvalue weighted by molar-refractivity contribution is 0.0344. The molecule has 0 atom stereocenters. The molecule has 18 heavy (non-hydrogen) atoms. The maximum absolute atomic E-state index is 12.7. The van der Waals surface area contributed by atoms with Crippen molar-refractivity contribution in [3.8, 4) is 0 Å². The number of piperazine rings is 1. The largest absolute Gasteiger partial charge is 0.389 e. The first-order valence-corrected chi connectivity index (χ1v) is 6.11. The summed E-state index contributed by atoms with van der Waals surface area (Å²) in [6.07, 6.45) is 2.37. The summed E-state index contributed by atoms with van der Waals surface area (Å²) < 4.78 is 12.7. The summed E-state index contributed by atoms with van der Waals surface area (Å²) in [6.45, 7) is 7.56. The van der Waals surface area contributed by atoms with Crippen molar-refractivity contribution in [2.24, 2.45) is 0 Å². The number of hydrogen-bond donors (Lipinski definition) is 1. The number of β-amino-alcohol motifs (C(OH)–C–C–N with tert-alkyl or cyclic N) is 1. The predicted octanol–water partition coefficient (Wildman–Crippen LogP) is 0.509. The molecule has 2 rings (SSSR count). The highest BCUT2D eigenvalue weighted by molar-refractivity contribution is 5.29. The molecule has 1 saturated heterocycles. The Morgan fingerprint density at radius 2 is 1.78 bits per heavy atom. The van der Waals surface area contributed by atoms with E-state index in [1.807, 2.05) is 18.7 Å². The van der Waals surface area contributed by atoms with E-state index in [-0.39, 0.29) is 0 Å². The van der Waals surface area contributed by atoms with Crippen molar-refractivity contribution in [3.63, 3.8) is 0 Å². The van der Waals surface area contributed by atoms with Gasteiger partial charge in [0.25, 0.3) is 0 Å². The SMILES string of the molecule is CC(C)(O)CN1CCN(c2ncc(F)cn2)CC1. The molecule has 1 aliphatic heterocycles. The first-order chi connectivity index (χ1) is 8.44. The van der Waals surface area contributed by atoms with Crippen LogP contribution in [-0.2, 0) is 0 Å². The third-order valence-corrected chi connectivity index (χ3v) is 2.87. The molecular formula is C12H19FN4O. The van der Waals surface area contributed by atoms with Crippen LogP contribution in [0.4, 0.5) is 10.3 Å². The van der Waals surface area contributed by atoms with Gasteiger partial charge in [-0.3, -0.25) is 4.90 Å². The Kier molecular flexibility index (Phi) is 3.77. The Hall–Kier alpha value is -1.27. The Bertz CT molecular complexity index is 382. The molecule has 6 heteroatoms. The first-order valence-electron chi connectivity index (χ1n) is 6.11. The van der Waals surface area contributed by atoms with Crippen LogP contribution in [0.5, 0.6) is 0 Å². The summed E-state index contributed by atoms with van der Waals surface area (Å²) in [6, 6.07) is 0. The lowest BCUT2D eigenvalue weighted by Gasteiger charge is -2.37. The van der Waals surface area contributed by atoms with Gasteiger partial charge in [-0.25, -0.2) is 14.4 Å². The molecule has 2 heterocycles.